The number of benzene rings is 3. The lowest BCUT2D eigenvalue weighted by Gasteiger charge is -2.18. The van der Waals surface area contributed by atoms with Crippen LogP contribution in [0.4, 0.5) is 0 Å². The predicted octanol–water partition coefficient (Wildman–Crippen LogP) is 2.94. The molecule has 3 aromatic carbocycles. The molecule has 0 fully saturated rings. The van der Waals surface area contributed by atoms with Crippen molar-refractivity contribution in [3.63, 3.8) is 0 Å². The van der Waals surface area contributed by atoms with Crippen LogP contribution >= 0.6 is 0 Å². The van der Waals surface area contributed by atoms with Crippen molar-refractivity contribution in [3.8, 4) is 5.75 Å². The minimum absolute atomic E-state index is 0.194. The quantitative estimate of drug-likeness (QED) is 0.283. The van der Waals surface area contributed by atoms with Crippen LogP contribution in [0.15, 0.2) is 88.8 Å². The normalized spacial score (nSPS) is 12.1. The van der Waals surface area contributed by atoms with E-state index in [2.05, 4.69) is 26.0 Å². The van der Waals surface area contributed by atoms with Crippen LogP contribution < -0.4 is 21.0 Å². The lowest BCUT2D eigenvalue weighted by atomic mass is 10.0. The van der Waals surface area contributed by atoms with Gasteiger partial charge in [-0.3, -0.25) is 14.4 Å². The summed E-state index contributed by atoms with van der Waals surface area (Å²) in [5.41, 5.74) is 4.01. The standard InChI is InChI=1S/C26H23N5O4/c1-16(17-12-14-19(35-2)15-13-17)28-31-26(34)23(27-24(32)18-8-4-3-5-9-18)22-20-10-6-7-11-21(20)25(33)30-29-22/h3-15,23H,1-2H3,(H,27,32)(H,30,33)(H,31,34)/t23-/m0/s1. The van der Waals surface area contributed by atoms with E-state index < -0.39 is 23.4 Å². The van der Waals surface area contributed by atoms with Gasteiger partial charge in [0, 0.05) is 10.9 Å². The number of nitrogens with zero attached hydrogens (tertiary/aromatic N) is 2. The first-order chi connectivity index (χ1) is 17.0. The van der Waals surface area contributed by atoms with Gasteiger partial charge in [0.2, 0.25) is 0 Å². The molecule has 4 aromatic rings. The number of carbonyl (C=O) groups excluding carboxylic acids is 2. The summed E-state index contributed by atoms with van der Waals surface area (Å²) in [5.74, 6) is -0.393. The first-order valence-electron chi connectivity index (χ1n) is 10.8. The molecule has 35 heavy (non-hydrogen) atoms. The molecule has 1 atom stereocenters. The summed E-state index contributed by atoms with van der Waals surface area (Å²) >= 11 is 0. The number of hydrogen-bond acceptors (Lipinski definition) is 6. The summed E-state index contributed by atoms with van der Waals surface area (Å²) in [7, 11) is 1.58. The fraction of sp³-hybridized carbons (Fsp3) is 0.115. The first kappa shape index (κ1) is 23.4. The lowest BCUT2D eigenvalue weighted by molar-refractivity contribution is -0.123. The zero-order valence-corrected chi connectivity index (χ0v) is 19.1. The highest BCUT2D eigenvalue weighted by Gasteiger charge is 2.27. The Balaban J connectivity index is 1.67. The van der Waals surface area contributed by atoms with Gasteiger partial charge in [0.25, 0.3) is 17.4 Å². The largest absolute Gasteiger partial charge is 0.497 e. The molecule has 0 aliphatic rings. The Labute approximate surface area is 200 Å². The van der Waals surface area contributed by atoms with Crippen LogP contribution in [0.5, 0.6) is 5.75 Å². The Bertz CT molecular complexity index is 1450. The molecule has 0 spiro atoms. The second kappa shape index (κ2) is 10.4. The van der Waals surface area contributed by atoms with Gasteiger partial charge in [0.05, 0.1) is 18.2 Å². The van der Waals surface area contributed by atoms with Crippen molar-refractivity contribution in [3.05, 3.63) is 106 Å². The van der Waals surface area contributed by atoms with E-state index in [1.54, 1.807) is 80.8 Å². The number of amides is 2. The van der Waals surface area contributed by atoms with Crippen LogP contribution in [0, 0.1) is 0 Å². The molecule has 9 heteroatoms. The third-order valence-electron chi connectivity index (χ3n) is 5.41. The van der Waals surface area contributed by atoms with Gasteiger partial charge in [-0.15, -0.1) is 0 Å². The third kappa shape index (κ3) is 5.25. The minimum atomic E-state index is -1.23. The number of H-pyrrole nitrogens is 1. The number of fused-ring (bicyclic) bond motifs is 1. The Hall–Kier alpha value is -4.79. The van der Waals surface area contributed by atoms with Gasteiger partial charge < -0.3 is 10.1 Å². The van der Waals surface area contributed by atoms with Gasteiger partial charge in [-0.2, -0.15) is 10.2 Å². The molecule has 1 heterocycles. The average Bonchev–Trinajstić information content (AvgIpc) is 2.91. The molecule has 0 unspecified atom stereocenters. The van der Waals surface area contributed by atoms with E-state index in [0.717, 1.165) is 5.56 Å². The van der Waals surface area contributed by atoms with Crippen LogP contribution in [0.3, 0.4) is 0 Å². The number of nitrogens with one attached hydrogen (secondary N) is 3. The van der Waals surface area contributed by atoms with E-state index in [1.165, 1.54) is 0 Å². The Morgan fingerprint density at radius 2 is 1.57 bits per heavy atom. The summed E-state index contributed by atoms with van der Waals surface area (Å²) in [6.45, 7) is 1.74. The summed E-state index contributed by atoms with van der Waals surface area (Å²) < 4.78 is 5.16. The fourth-order valence-electron chi connectivity index (χ4n) is 3.52. The molecular weight excluding hydrogens is 446 g/mol. The van der Waals surface area contributed by atoms with Crippen LogP contribution in [0.1, 0.15) is 34.6 Å². The molecule has 0 aliphatic carbocycles. The monoisotopic (exact) mass is 469 g/mol. The van der Waals surface area contributed by atoms with E-state index in [9.17, 15) is 14.4 Å². The molecule has 0 aliphatic heterocycles. The molecule has 0 radical (unpaired) electrons. The van der Waals surface area contributed by atoms with Gasteiger partial charge in [0.15, 0.2) is 6.04 Å². The van der Waals surface area contributed by atoms with E-state index in [0.29, 0.717) is 27.8 Å². The molecule has 2 amide bonds. The second-order valence-corrected chi connectivity index (χ2v) is 7.66. The van der Waals surface area contributed by atoms with Crippen molar-refractivity contribution in [1.82, 2.24) is 20.9 Å². The summed E-state index contributed by atoms with van der Waals surface area (Å²) in [4.78, 5) is 38.5. The molecule has 0 saturated heterocycles. The van der Waals surface area contributed by atoms with Crippen molar-refractivity contribution in [2.24, 2.45) is 5.10 Å². The van der Waals surface area contributed by atoms with Gasteiger partial charge in [-0.05, 0) is 55.0 Å². The maximum atomic E-state index is 13.3. The maximum Gasteiger partial charge on any atom is 0.272 e. The first-order valence-corrected chi connectivity index (χ1v) is 10.8. The molecular formula is C26H23N5O4. The lowest BCUT2D eigenvalue weighted by Crippen LogP contribution is -2.40. The molecule has 0 saturated carbocycles. The maximum absolute atomic E-state index is 13.3. The number of aromatic amines is 1. The number of methoxy groups -OCH3 is 1. The molecule has 9 nitrogen and oxygen atoms in total. The second-order valence-electron chi connectivity index (χ2n) is 7.66. The summed E-state index contributed by atoms with van der Waals surface area (Å²) in [6.07, 6.45) is 0. The molecule has 0 bridgehead atoms. The van der Waals surface area contributed by atoms with Gasteiger partial charge in [-0.25, -0.2) is 10.5 Å². The SMILES string of the molecule is COc1ccc(C(C)=NNC(=O)[C@@H](NC(=O)c2ccccc2)c2n[nH]c(=O)c3ccccc23)cc1. The van der Waals surface area contributed by atoms with Gasteiger partial charge >= 0.3 is 0 Å². The van der Waals surface area contributed by atoms with Crippen LogP contribution in [0.25, 0.3) is 10.8 Å². The molecule has 4 rings (SSSR count). The molecule has 3 N–H and O–H groups in total. The van der Waals surface area contributed by atoms with Crippen LogP contribution in [-0.4, -0.2) is 34.8 Å². The van der Waals surface area contributed by atoms with E-state index in [1.807, 2.05) is 12.1 Å². The van der Waals surface area contributed by atoms with Gasteiger partial charge in [0.1, 0.15) is 11.4 Å². The van der Waals surface area contributed by atoms with Crippen molar-refractivity contribution >= 4 is 28.3 Å². The summed E-state index contributed by atoms with van der Waals surface area (Å²) in [6, 6.07) is 21.2. The van der Waals surface area contributed by atoms with Crippen LogP contribution in [-0.2, 0) is 4.79 Å². The van der Waals surface area contributed by atoms with E-state index >= 15 is 0 Å². The topological polar surface area (TPSA) is 126 Å². The van der Waals surface area contributed by atoms with Gasteiger partial charge in [-0.1, -0.05) is 36.4 Å². The fourth-order valence-corrected chi connectivity index (χ4v) is 3.52. The third-order valence-corrected chi connectivity index (χ3v) is 5.41. The molecule has 176 valence electrons. The summed E-state index contributed by atoms with van der Waals surface area (Å²) in [5, 5.41) is 14.2. The smallest absolute Gasteiger partial charge is 0.272 e. The van der Waals surface area contributed by atoms with Crippen LogP contribution in [0.2, 0.25) is 0 Å². The average molecular weight is 470 g/mol. The number of hydrazone groups is 1. The Morgan fingerprint density at radius 1 is 0.914 bits per heavy atom. The van der Waals surface area contributed by atoms with Crippen molar-refractivity contribution < 1.29 is 14.3 Å². The van der Waals surface area contributed by atoms with E-state index in [4.69, 9.17) is 4.74 Å². The zero-order valence-electron chi connectivity index (χ0n) is 19.1. The number of ether oxygens (including phenoxy) is 1. The highest BCUT2D eigenvalue weighted by atomic mass is 16.5. The number of hydrogen-bond donors (Lipinski definition) is 3. The van der Waals surface area contributed by atoms with Crippen molar-refractivity contribution in [1.29, 1.82) is 0 Å². The highest BCUT2D eigenvalue weighted by Crippen LogP contribution is 2.20. The van der Waals surface area contributed by atoms with Crippen molar-refractivity contribution in [2.45, 2.75) is 13.0 Å². The Morgan fingerprint density at radius 3 is 2.26 bits per heavy atom. The number of aromatic nitrogens is 2. The number of carbonyl (C=O) groups is 2. The van der Waals surface area contributed by atoms with Crippen molar-refractivity contribution in [2.75, 3.05) is 7.11 Å². The highest BCUT2D eigenvalue weighted by molar-refractivity contribution is 6.01. The minimum Gasteiger partial charge on any atom is -0.497 e. The number of rotatable bonds is 7. The molecule has 1 aromatic heterocycles. The zero-order chi connectivity index (χ0) is 24.8. The predicted molar refractivity (Wildman–Crippen MR) is 132 cm³/mol. The Kier molecular flexibility index (Phi) is 6.96. The van der Waals surface area contributed by atoms with E-state index in [-0.39, 0.29) is 5.69 Å².